The number of benzene rings is 1. The quantitative estimate of drug-likeness (QED) is 0.331. The number of rotatable bonds is 10. The zero-order valence-electron chi connectivity index (χ0n) is 19.2. The number of anilines is 1. The molecule has 34 heavy (non-hydrogen) atoms. The number of nitrogens with zero attached hydrogens (tertiary/aromatic N) is 3. The van der Waals surface area contributed by atoms with Gasteiger partial charge in [0.25, 0.3) is 11.8 Å². The van der Waals surface area contributed by atoms with Crippen molar-refractivity contribution in [2.45, 2.75) is 18.9 Å². The minimum Gasteiger partial charge on any atom is -0.378 e. The van der Waals surface area contributed by atoms with E-state index in [9.17, 15) is 19.2 Å². The lowest BCUT2D eigenvalue weighted by atomic mass is 10.0. The second-order valence-corrected chi connectivity index (χ2v) is 8.52. The van der Waals surface area contributed by atoms with Crippen molar-refractivity contribution in [1.82, 2.24) is 15.1 Å². The number of piperidine rings is 1. The molecule has 3 aliphatic rings. The van der Waals surface area contributed by atoms with Crippen LogP contribution in [0, 0.1) is 0 Å². The predicted octanol–water partition coefficient (Wildman–Crippen LogP) is -0.798. The van der Waals surface area contributed by atoms with Crippen LogP contribution in [-0.4, -0.2) is 105 Å². The number of hydrogen-bond acceptors (Lipinski definition) is 9. The summed E-state index contributed by atoms with van der Waals surface area (Å²) in [6.07, 6.45) is 0.252. The van der Waals surface area contributed by atoms with Crippen molar-refractivity contribution in [2.24, 2.45) is 5.73 Å². The molecule has 4 rings (SSSR count). The molecular weight excluding hydrogens is 442 g/mol. The molecule has 3 aliphatic heterocycles. The van der Waals surface area contributed by atoms with E-state index in [0.29, 0.717) is 44.1 Å². The Morgan fingerprint density at radius 3 is 2.32 bits per heavy atom. The van der Waals surface area contributed by atoms with Gasteiger partial charge in [-0.25, -0.2) is 0 Å². The van der Waals surface area contributed by atoms with Crippen LogP contribution in [0.4, 0.5) is 5.69 Å². The highest BCUT2D eigenvalue weighted by Crippen LogP contribution is 2.31. The molecule has 4 amide bonds. The normalized spacial score (nSPS) is 21.3. The maximum atomic E-state index is 13.0. The van der Waals surface area contributed by atoms with Gasteiger partial charge in [-0.2, -0.15) is 0 Å². The average Bonchev–Trinajstić information content (AvgIpc) is 3.08. The highest BCUT2D eigenvalue weighted by Gasteiger charge is 2.44. The molecule has 11 nitrogen and oxygen atoms in total. The Bertz CT molecular complexity index is 946. The van der Waals surface area contributed by atoms with E-state index in [-0.39, 0.29) is 18.7 Å². The molecule has 3 N–H and O–H groups in total. The molecule has 1 atom stereocenters. The van der Waals surface area contributed by atoms with Gasteiger partial charge in [0.15, 0.2) is 0 Å². The van der Waals surface area contributed by atoms with Gasteiger partial charge in [0, 0.05) is 51.4 Å². The summed E-state index contributed by atoms with van der Waals surface area (Å²) in [5.41, 5.74) is 6.85. The van der Waals surface area contributed by atoms with E-state index < -0.39 is 23.8 Å². The smallest absolute Gasteiger partial charge is 0.262 e. The average molecular weight is 474 g/mol. The van der Waals surface area contributed by atoms with Crippen LogP contribution in [0.25, 0.3) is 0 Å². The molecule has 11 heteroatoms. The SMILES string of the molecule is NCCOCCOCCN1CCN(c2ccc3c(c2)C(=O)N(C2CCC(=O)NC2=O)C3=O)CC1. The fourth-order valence-corrected chi connectivity index (χ4v) is 4.48. The van der Waals surface area contributed by atoms with Crippen LogP contribution in [0.1, 0.15) is 33.6 Å². The van der Waals surface area contributed by atoms with Crippen molar-refractivity contribution in [3.63, 3.8) is 0 Å². The minimum atomic E-state index is -0.952. The second kappa shape index (κ2) is 11.0. The van der Waals surface area contributed by atoms with Crippen molar-refractivity contribution in [3.05, 3.63) is 29.3 Å². The molecule has 2 fully saturated rings. The first kappa shape index (κ1) is 24.3. The number of nitrogens with one attached hydrogen (secondary N) is 1. The molecule has 0 bridgehead atoms. The van der Waals surface area contributed by atoms with Crippen molar-refractivity contribution < 1.29 is 28.7 Å². The summed E-state index contributed by atoms with van der Waals surface area (Å²) in [7, 11) is 0. The Kier molecular flexibility index (Phi) is 7.88. The molecule has 184 valence electrons. The molecule has 0 spiro atoms. The highest BCUT2D eigenvalue weighted by atomic mass is 16.5. The van der Waals surface area contributed by atoms with Crippen LogP contribution in [0.15, 0.2) is 18.2 Å². The molecule has 0 saturated carbocycles. The van der Waals surface area contributed by atoms with E-state index in [2.05, 4.69) is 15.1 Å². The van der Waals surface area contributed by atoms with Gasteiger partial charge in [-0.3, -0.25) is 34.3 Å². The topological polar surface area (TPSA) is 135 Å². The predicted molar refractivity (Wildman–Crippen MR) is 122 cm³/mol. The van der Waals surface area contributed by atoms with Crippen LogP contribution in [0.2, 0.25) is 0 Å². The lowest BCUT2D eigenvalue weighted by molar-refractivity contribution is -0.136. The number of hydrogen-bond donors (Lipinski definition) is 2. The number of imide groups is 2. The maximum absolute atomic E-state index is 13.0. The Morgan fingerprint density at radius 2 is 1.62 bits per heavy atom. The fourth-order valence-electron chi connectivity index (χ4n) is 4.48. The van der Waals surface area contributed by atoms with E-state index in [1.807, 2.05) is 6.07 Å². The summed E-state index contributed by atoms with van der Waals surface area (Å²) in [6.45, 7) is 6.93. The minimum absolute atomic E-state index is 0.104. The third-order valence-corrected chi connectivity index (χ3v) is 6.35. The number of ether oxygens (including phenoxy) is 2. The Balaban J connectivity index is 1.30. The molecule has 1 aromatic rings. The summed E-state index contributed by atoms with van der Waals surface area (Å²) < 4.78 is 10.9. The Morgan fingerprint density at radius 1 is 0.912 bits per heavy atom. The monoisotopic (exact) mass is 473 g/mol. The van der Waals surface area contributed by atoms with Crippen molar-refractivity contribution in [2.75, 3.05) is 70.6 Å². The summed E-state index contributed by atoms with van der Waals surface area (Å²) in [6, 6.07) is 4.29. The first-order valence-electron chi connectivity index (χ1n) is 11.7. The fraction of sp³-hybridized carbons (Fsp3) is 0.565. The largest absolute Gasteiger partial charge is 0.378 e. The van der Waals surface area contributed by atoms with Gasteiger partial charge >= 0.3 is 0 Å². The van der Waals surface area contributed by atoms with Crippen LogP contribution in [0.5, 0.6) is 0 Å². The molecule has 1 unspecified atom stereocenters. The van der Waals surface area contributed by atoms with Crippen LogP contribution in [0.3, 0.4) is 0 Å². The number of carbonyl (C=O) groups is 4. The Labute approximate surface area is 198 Å². The first-order chi connectivity index (χ1) is 16.5. The number of carbonyl (C=O) groups excluding carboxylic acids is 4. The lowest BCUT2D eigenvalue weighted by Crippen LogP contribution is -2.54. The molecule has 0 radical (unpaired) electrons. The van der Waals surface area contributed by atoms with Crippen LogP contribution >= 0.6 is 0 Å². The third kappa shape index (κ3) is 5.27. The molecule has 0 aliphatic carbocycles. The zero-order chi connectivity index (χ0) is 24.1. The van der Waals surface area contributed by atoms with E-state index in [1.165, 1.54) is 0 Å². The first-order valence-corrected chi connectivity index (χ1v) is 11.7. The standard InChI is InChI=1S/C23H31N5O6/c24-5-11-33-13-14-34-12-10-26-6-8-27(9-7-26)16-1-2-17-18(15-16)23(32)28(22(17)31)19-3-4-20(29)25-21(19)30/h1-2,15,19H,3-14,24H2,(H,25,29,30). The van der Waals surface area contributed by atoms with E-state index >= 15 is 0 Å². The van der Waals surface area contributed by atoms with E-state index in [1.54, 1.807) is 12.1 Å². The van der Waals surface area contributed by atoms with Crippen molar-refractivity contribution in [1.29, 1.82) is 0 Å². The molecule has 2 saturated heterocycles. The van der Waals surface area contributed by atoms with Crippen LogP contribution < -0.4 is 16.0 Å². The van der Waals surface area contributed by atoms with Gasteiger partial charge in [-0.15, -0.1) is 0 Å². The van der Waals surface area contributed by atoms with Crippen molar-refractivity contribution in [3.8, 4) is 0 Å². The second-order valence-electron chi connectivity index (χ2n) is 8.52. The number of amides is 4. The van der Waals surface area contributed by atoms with E-state index in [0.717, 1.165) is 43.3 Å². The molecule has 3 heterocycles. The van der Waals surface area contributed by atoms with Gasteiger partial charge < -0.3 is 20.1 Å². The number of fused-ring (bicyclic) bond motifs is 1. The third-order valence-electron chi connectivity index (χ3n) is 6.35. The van der Waals surface area contributed by atoms with Gasteiger partial charge in [-0.05, 0) is 24.6 Å². The summed E-state index contributed by atoms with van der Waals surface area (Å²) in [5.74, 6) is -1.96. The van der Waals surface area contributed by atoms with E-state index in [4.69, 9.17) is 15.2 Å². The number of piperazine rings is 1. The summed E-state index contributed by atoms with van der Waals surface area (Å²) in [5, 5.41) is 2.21. The summed E-state index contributed by atoms with van der Waals surface area (Å²) >= 11 is 0. The van der Waals surface area contributed by atoms with Gasteiger partial charge in [-0.1, -0.05) is 0 Å². The number of nitrogens with two attached hydrogens (primary N) is 1. The Hall–Kier alpha value is -2.86. The van der Waals surface area contributed by atoms with Gasteiger partial charge in [0.05, 0.1) is 37.6 Å². The zero-order valence-corrected chi connectivity index (χ0v) is 19.2. The summed E-state index contributed by atoms with van der Waals surface area (Å²) in [4.78, 5) is 55.1. The maximum Gasteiger partial charge on any atom is 0.262 e. The lowest BCUT2D eigenvalue weighted by Gasteiger charge is -2.36. The highest BCUT2D eigenvalue weighted by molar-refractivity contribution is 6.23. The molecule has 1 aromatic carbocycles. The van der Waals surface area contributed by atoms with Crippen molar-refractivity contribution >= 4 is 29.3 Å². The molecular formula is C23H31N5O6. The van der Waals surface area contributed by atoms with Gasteiger partial charge in [0.1, 0.15) is 6.04 Å². The van der Waals surface area contributed by atoms with Gasteiger partial charge in [0.2, 0.25) is 11.8 Å². The van der Waals surface area contributed by atoms with Crippen LogP contribution in [-0.2, 0) is 19.1 Å². The molecule has 0 aromatic heterocycles.